The molecule has 138 valence electrons. The number of carbonyl (C=O) groups is 2. The second kappa shape index (κ2) is 8.51. The SMILES string of the molecule is CCOC(=O)c1nn(-c2ccccc2)cc1OCC(=O)c1ccc(Cl)cc1. The molecule has 3 rings (SSSR count). The Morgan fingerprint density at radius 1 is 1.07 bits per heavy atom. The lowest BCUT2D eigenvalue weighted by molar-refractivity contribution is 0.0513. The summed E-state index contributed by atoms with van der Waals surface area (Å²) < 4.78 is 12.1. The number of carbonyl (C=O) groups excluding carboxylic acids is 2. The number of Topliss-reactive ketones (excluding diaryl/α,β-unsaturated/α-hetero) is 1. The summed E-state index contributed by atoms with van der Waals surface area (Å²) in [6.07, 6.45) is 1.55. The highest BCUT2D eigenvalue weighted by molar-refractivity contribution is 6.30. The first-order chi connectivity index (χ1) is 13.1. The Morgan fingerprint density at radius 2 is 1.78 bits per heavy atom. The normalized spacial score (nSPS) is 10.4. The highest BCUT2D eigenvalue weighted by Gasteiger charge is 2.21. The van der Waals surface area contributed by atoms with Gasteiger partial charge in [0.15, 0.2) is 18.1 Å². The summed E-state index contributed by atoms with van der Waals surface area (Å²) in [6, 6.07) is 15.8. The van der Waals surface area contributed by atoms with Gasteiger partial charge >= 0.3 is 5.97 Å². The summed E-state index contributed by atoms with van der Waals surface area (Å²) in [4.78, 5) is 24.5. The van der Waals surface area contributed by atoms with Crippen molar-refractivity contribution in [3.63, 3.8) is 0 Å². The highest BCUT2D eigenvalue weighted by atomic mass is 35.5. The molecule has 0 aliphatic carbocycles. The zero-order valence-electron chi connectivity index (χ0n) is 14.6. The molecule has 2 aromatic carbocycles. The largest absolute Gasteiger partial charge is 0.481 e. The number of nitrogens with zero attached hydrogens (tertiary/aromatic N) is 2. The summed E-state index contributed by atoms with van der Waals surface area (Å²) in [7, 11) is 0. The van der Waals surface area contributed by atoms with E-state index in [1.165, 1.54) is 4.68 Å². The van der Waals surface area contributed by atoms with Crippen molar-refractivity contribution in [2.24, 2.45) is 0 Å². The third-order valence-corrected chi connectivity index (χ3v) is 3.95. The van der Waals surface area contributed by atoms with Crippen LogP contribution in [0.5, 0.6) is 5.75 Å². The number of halogens is 1. The molecular formula is C20H17ClN2O4. The van der Waals surface area contributed by atoms with Gasteiger partial charge in [-0.2, -0.15) is 5.10 Å². The van der Waals surface area contributed by atoms with Gasteiger partial charge < -0.3 is 9.47 Å². The number of esters is 1. The number of ketones is 1. The lowest BCUT2D eigenvalue weighted by Gasteiger charge is -2.05. The van der Waals surface area contributed by atoms with Crippen molar-refractivity contribution in [2.45, 2.75) is 6.92 Å². The van der Waals surface area contributed by atoms with E-state index in [-0.39, 0.29) is 30.4 Å². The maximum atomic E-state index is 12.3. The van der Waals surface area contributed by atoms with Crippen molar-refractivity contribution in [1.82, 2.24) is 9.78 Å². The van der Waals surface area contributed by atoms with Gasteiger partial charge in [0.1, 0.15) is 0 Å². The van der Waals surface area contributed by atoms with Crippen LogP contribution in [0.1, 0.15) is 27.8 Å². The fourth-order valence-corrected chi connectivity index (χ4v) is 2.51. The van der Waals surface area contributed by atoms with Gasteiger partial charge in [0, 0.05) is 10.6 Å². The zero-order chi connectivity index (χ0) is 19.2. The molecule has 0 aliphatic heterocycles. The van der Waals surface area contributed by atoms with Crippen LogP contribution in [0.2, 0.25) is 5.02 Å². The summed E-state index contributed by atoms with van der Waals surface area (Å²) in [6.45, 7) is 1.67. The topological polar surface area (TPSA) is 70.4 Å². The Labute approximate surface area is 161 Å². The van der Waals surface area contributed by atoms with Gasteiger partial charge in [0.05, 0.1) is 18.5 Å². The Balaban J connectivity index is 1.82. The summed E-state index contributed by atoms with van der Waals surface area (Å²) in [5.41, 5.74) is 1.24. The monoisotopic (exact) mass is 384 g/mol. The predicted molar refractivity (Wildman–Crippen MR) is 101 cm³/mol. The van der Waals surface area contributed by atoms with Crippen LogP contribution in [0.4, 0.5) is 0 Å². The van der Waals surface area contributed by atoms with Crippen LogP contribution in [-0.4, -0.2) is 34.7 Å². The van der Waals surface area contributed by atoms with E-state index in [1.54, 1.807) is 37.4 Å². The number of para-hydroxylation sites is 1. The molecule has 0 saturated heterocycles. The minimum Gasteiger partial charge on any atom is -0.481 e. The van der Waals surface area contributed by atoms with Gasteiger partial charge in [-0.3, -0.25) is 4.79 Å². The third-order valence-electron chi connectivity index (χ3n) is 3.70. The quantitative estimate of drug-likeness (QED) is 0.455. The average Bonchev–Trinajstić information content (AvgIpc) is 3.12. The lowest BCUT2D eigenvalue weighted by atomic mass is 10.1. The van der Waals surface area contributed by atoms with Crippen LogP contribution < -0.4 is 4.74 Å². The number of hydrogen-bond donors (Lipinski definition) is 0. The van der Waals surface area contributed by atoms with Crippen LogP contribution in [-0.2, 0) is 4.74 Å². The number of benzene rings is 2. The van der Waals surface area contributed by atoms with E-state index < -0.39 is 5.97 Å². The molecule has 7 heteroatoms. The van der Waals surface area contributed by atoms with Crippen molar-refractivity contribution < 1.29 is 19.1 Å². The van der Waals surface area contributed by atoms with Crippen molar-refractivity contribution in [2.75, 3.05) is 13.2 Å². The van der Waals surface area contributed by atoms with Crippen LogP contribution in [0.25, 0.3) is 5.69 Å². The molecule has 1 heterocycles. The van der Waals surface area contributed by atoms with Gasteiger partial charge in [0.2, 0.25) is 5.69 Å². The van der Waals surface area contributed by atoms with Crippen LogP contribution in [0.3, 0.4) is 0 Å². The molecule has 0 fully saturated rings. The second-order valence-corrected chi connectivity index (χ2v) is 6.00. The zero-order valence-corrected chi connectivity index (χ0v) is 15.3. The molecule has 27 heavy (non-hydrogen) atoms. The molecular weight excluding hydrogens is 368 g/mol. The van der Waals surface area contributed by atoms with E-state index in [2.05, 4.69) is 5.10 Å². The fourth-order valence-electron chi connectivity index (χ4n) is 2.38. The second-order valence-electron chi connectivity index (χ2n) is 5.56. The van der Waals surface area contributed by atoms with Crippen LogP contribution in [0, 0.1) is 0 Å². The van der Waals surface area contributed by atoms with Crippen molar-refractivity contribution in [1.29, 1.82) is 0 Å². The molecule has 0 amide bonds. The molecule has 1 aromatic heterocycles. The Kier molecular flexibility index (Phi) is 5.88. The average molecular weight is 385 g/mol. The van der Waals surface area contributed by atoms with E-state index in [1.807, 2.05) is 30.3 Å². The van der Waals surface area contributed by atoms with E-state index in [0.29, 0.717) is 10.6 Å². The molecule has 0 bridgehead atoms. The van der Waals surface area contributed by atoms with Crippen LogP contribution >= 0.6 is 11.6 Å². The molecule has 0 unspecified atom stereocenters. The Hall–Kier alpha value is -3.12. The summed E-state index contributed by atoms with van der Waals surface area (Å²) in [5.74, 6) is -0.672. The minimum absolute atomic E-state index is 0.0182. The van der Waals surface area contributed by atoms with Crippen molar-refractivity contribution in [3.05, 3.63) is 77.1 Å². The molecule has 0 spiro atoms. The molecule has 0 aliphatic rings. The molecule has 6 nitrogen and oxygen atoms in total. The van der Waals surface area contributed by atoms with E-state index in [0.717, 1.165) is 5.69 Å². The summed E-state index contributed by atoms with van der Waals surface area (Å²) >= 11 is 5.83. The van der Waals surface area contributed by atoms with Crippen molar-refractivity contribution >= 4 is 23.4 Å². The molecule has 0 radical (unpaired) electrons. The first-order valence-electron chi connectivity index (χ1n) is 8.32. The predicted octanol–water partition coefficient (Wildman–Crippen LogP) is 3.96. The van der Waals surface area contributed by atoms with Gasteiger partial charge in [-0.05, 0) is 43.3 Å². The van der Waals surface area contributed by atoms with Crippen LogP contribution in [0.15, 0.2) is 60.8 Å². The molecule has 0 N–H and O–H groups in total. The Bertz CT molecular complexity index is 936. The number of hydrogen-bond acceptors (Lipinski definition) is 5. The molecule has 0 saturated carbocycles. The van der Waals surface area contributed by atoms with Gasteiger partial charge in [-0.15, -0.1) is 0 Å². The maximum absolute atomic E-state index is 12.3. The standard InChI is InChI=1S/C20H17ClN2O4/c1-2-26-20(25)19-18(12-23(22-19)16-6-4-3-5-7-16)27-13-17(24)14-8-10-15(21)11-9-14/h3-12H,2,13H2,1H3. The number of ether oxygens (including phenoxy) is 2. The third kappa shape index (κ3) is 4.54. The Morgan fingerprint density at radius 3 is 2.44 bits per heavy atom. The molecule has 3 aromatic rings. The first kappa shape index (κ1) is 18.7. The number of rotatable bonds is 7. The number of aromatic nitrogens is 2. The van der Waals surface area contributed by atoms with Crippen molar-refractivity contribution in [3.8, 4) is 11.4 Å². The van der Waals surface area contributed by atoms with E-state index in [4.69, 9.17) is 21.1 Å². The van der Waals surface area contributed by atoms with Gasteiger partial charge in [0.25, 0.3) is 0 Å². The first-order valence-corrected chi connectivity index (χ1v) is 8.70. The van der Waals surface area contributed by atoms with Gasteiger partial charge in [-0.25, -0.2) is 9.48 Å². The summed E-state index contributed by atoms with van der Waals surface area (Å²) in [5, 5.41) is 4.79. The lowest BCUT2D eigenvalue weighted by Crippen LogP contribution is -2.14. The van der Waals surface area contributed by atoms with E-state index >= 15 is 0 Å². The highest BCUT2D eigenvalue weighted by Crippen LogP contribution is 2.21. The minimum atomic E-state index is -0.610. The van der Waals surface area contributed by atoms with E-state index in [9.17, 15) is 9.59 Å². The van der Waals surface area contributed by atoms with Gasteiger partial charge in [-0.1, -0.05) is 29.8 Å². The maximum Gasteiger partial charge on any atom is 0.362 e. The molecule has 0 atom stereocenters. The smallest absolute Gasteiger partial charge is 0.362 e. The fraction of sp³-hybridized carbons (Fsp3) is 0.150.